The lowest BCUT2D eigenvalue weighted by atomic mass is 10.3. The highest BCUT2D eigenvalue weighted by molar-refractivity contribution is 5.71. The number of hydrogen-bond donors (Lipinski definition) is 1. The highest BCUT2D eigenvalue weighted by Crippen LogP contribution is 2.22. The van der Waals surface area contributed by atoms with Crippen LogP contribution in [0.2, 0.25) is 0 Å². The summed E-state index contributed by atoms with van der Waals surface area (Å²) in [6.45, 7) is 1.18. The Labute approximate surface area is 145 Å². The smallest absolute Gasteiger partial charge is 0.282 e. The summed E-state index contributed by atoms with van der Waals surface area (Å²) in [5.74, 6) is 0.288. The van der Waals surface area contributed by atoms with Crippen LogP contribution in [0.25, 0.3) is 11.2 Å². The molecular formula is C15H23N7O3. The van der Waals surface area contributed by atoms with Crippen molar-refractivity contribution < 1.29 is 9.84 Å². The molecule has 1 saturated heterocycles. The number of hydrogen-bond acceptors (Lipinski definition) is 7. The van der Waals surface area contributed by atoms with Crippen molar-refractivity contribution in [2.45, 2.75) is 12.3 Å². The molecule has 0 saturated carbocycles. The lowest BCUT2D eigenvalue weighted by molar-refractivity contribution is -0.127. The van der Waals surface area contributed by atoms with E-state index in [2.05, 4.69) is 19.9 Å². The first-order valence-corrected chi connectivity index (χ1v) is 7.99. The zero-order valence-electron chi connectivity index (χ0n) is 14.8. The molecule has 2 aromatic rings. The van der Waals surface area contributed by atoms with E-state index in [1.807, 2.05) is 21.1 Å². The van der Waals surface area contributed by atoms with Crippen LogP contribution in [0.4, 0.5) is 5.95 Å². The van der Waals surface area contributed by atoms with E-state index in [0.29, 0.717) is 18.7 Å². The molecule has 2 atom stereocenters. The first kappa shape index (κ1) is 17.5. The molecule has 136 valence electrons. The summed E-state index contributed by atoms with van der Waals surface area (Å²) in [5, 5.41) is 9.41. The van der Waals surface area contributed by atoms with E-state index >= 15 is 0 Å². The normalized spacial score (nSPS) is 22.1. The molecule has 1 aliphatic rings. The maximum Gasteiger partial charge on any atom is 0.282 e. The minimum absolute atomic E-state index is 0.0684. The van der Waals surface area contributed by atoms with Crippen molar-refractivity contribution in [1.82, 2.24) is 28.9 Å². The number of morpholine rings is 1. The Morgan fingerprint density at radius 2 is 2.20 bits per heavy atom. The lowest BCUT2D eigenvalue weighted by Gasteiger charge is -2.35. The summed E-state index contributed by atoms with van der Waals surface area (Å²) in [4.78, 5) is 29.3. The molecule has 0 spiro atoms. The van der Waals surface area contributed by atoms with Gasteiger partial charge in [-0.3, -0.25) is 18.8 Å². The van der Waals surface area contributed by atoms with E-state index in [0.717, 1.165) is 0 Å². The molecule has 1 fully saturated rings. The Morgan fingerprint density at radius 1 is 1.44 bits per heavy atom. The van der Waals surface area contributed by atoms with Gasteiger partial charge in [0.1, 0.15) is 6.23 Å². The number of nitrogens with zero attached hydrogens (tertiary/aromatic N) is 7. The van der Waals surface area contributed by atoms with Gasteiger partial charge in [0.15, 0.2) is 11.2 Å². The van der Waals surface area contributed by atoms with Gasteiger partial charge in [0.25, 0.3) is 5.56 Å². The van der Waals surface area contributed by atoms with Gasteiger partial charge in [0.05, 0.1) is 25.4 Å². The average molecular weight is 349 g/mol. The molecule has 25 heavy (non-hydrogen) atoms. The summed E-state index contributed by atoms with van der Waals surface area (Å²) in [5.41, 5.74) is 0.423. The molecule has 0 radical (unpaired) electrons. The van der Waals surface area contributed by atoms with Crippen LogP contribution in [0.5, 0.6) is 0 Å². The second kappa shape index (κ2) is 6.90. The zero-order chi connectivity index (χ0) is 18.1. The molecular weight excluding hydrogens is 326 g/mol. The molecule has 1 N–H and O–H groups in total. The second-order valence-corrected chi connectivity index (χ2v) is 6.42. The summed E-state index contributed by atoms with van der Waals surface area (Å²) in [7, 11) is 7.25. The lowest BCUT2D eigenvalue weighted by Crippen LogP contribution is -2.45. The van der Waals surface area contributed by atoms with Crippen LogP contribution >= 0.6 is 0 Å². The number of aliphatic hydroxyl groups is 1. The largest absolute Gasteiger partial charge is 0.394 e. The maximum atomic E-state index is 12.5. The van der Waals surface area contributed by atoms with E-state index in [1.165, 1.54) is 4.57 Å². The second-order valence-electron chi connectivity index (χ2n) is 6.42. The van der Waals surface area contributed by atoms with Crippen LogP contribution < -0.4 is 5.56 Å². The Bertz CT molecular complexity index is 841. The van der Waals surface area contributed by atoms with Crippen LogP contribution in [0.15, 0.2) is 16.1 Å². The third-order valence-corrected chi connectivity index (χ3v) is 4.03. The number of fused-ring (bicyclic) bond motifs is 1. The van der Waals surface area contributed by atoms with Gasteiger partial charge in [0.2, 0.25) is 5.95 Å². The van der Waals surface area contributed by atoms with Crippen LogP contribution in [0, 0.1) is 0 Å². The van der Waals surface area contributed by atoms with Gasteiger partial charge in [-0.2, -0.15) is 4.98 Å². The SMILES string of the molecule is CN(C)/C=N/c1nc2c(ncn2C2CN(C)CC(CO)O2)c(=O)n1C. The molecule has 10 nitrogen and oxygen atoms in total. The number of ether oxygens (including phenoxy) is 1. The molecule has 10 heteroatoms. The van der Waals surface area contributed by atoms with Crippen molar-refractivity contribution in [1.29, 1.82) is 0 Å². The molecule has 2 unspecified atom stereocenters. The molecule has 0 bridgehead atoms. The van der Waals surface area contributed by atoms with E-state index in [9.17, 15) is 9.90 Å². The highest BCUT2D eigenvalue weighted by atomic mass is 16.5. The molecule has 0 aromatic carbocycles. The predicted octanol–water partition coefficient (Wildman–Crippen LogP) is -0.827. The monoisotopic (exact) mass is 349 g/mol. The van der Waals surface area contributed by atoms with Gasteiger partial charge in [-0.05, 0) is 7.05 Å². The summed E-state index contributed by atoms with van der Waals surface area (Å²) in [6, 6.07) is 0. The third-order valence-electron chi connectivity index (χ3n) is 4.03. The number of aliphatic imine (C=N–C) groups is 1. The number of aromatic nitrogens is 4. The first-order chi connectivity index (χ1) is 11.9. The molecule has 1 aliphatic heterocycles. The Kier molecular flexibility index (Phi) is 4.84. The van der Waals surface area contributed by atoms with Crippen molar-refractivity contribution in [3.8, 4) is 0 Å². The topological polar surface area (TPSA) is 101 Å². The standard InChI is InChI=1S/C15H23N7O3/c1-19(2)8-17-15-18-13-12(14(24)21(15)4)16-9-22(13)11-6-20(3)5-10(7-23)25-11/h8-11,23H,5-7H2,1-4H3/b17-8+. The fourth-order valence-corrected chi connectivity index (χ4v) is 2.78. The third kappa shape index (κ3) is 3.41. The van der Waals surface area contributed by atoms with E-state index in [1.54, 1.807) is 29.2 Å². The fraction of sp³-hybridized carbons (Fsp3) is 0.600. The molecule has 0 aliphatic carbocycles. The van der Waals surface area contributed by atoms with Crippen molar-refractivity contribution >= 4 is 23.5 Å². The first-order valence-electron chi connectivity index (χ1n) is 7.99. The van der Waals surface area contributed by atoms with Crippen LogP contribution in [0.3, 0.4) is 0 Å². The summed E-state index contributed by atoms with van der Waals surface area (Å²) in [6.07, 6.45) is 2.46. The highest BCUT2D eigenvalue weighted by Gasteiger charge is 2.28. The molecule has 0 amide bonds. The molecule has 3 heterocycles. The van der Waals surface area contributed by atoms with Gasteiger partial charge in [-0.15, -0.1) is 0 Å². The minimum Gasteiger partial charge on any atom is -0.394 e. The number of rotatable bonds is 4. The van der Waals surface area contributed by atoms with Crippen LogP contribution in [-0.4, -0.2) is 87.3 Å². The Balaban J connectivity index is 2.06. The zero-order valence-corrected chi connectivity index (χ0v) is 14.8. The average Bonchev–Trinajstić information content (AvgIpc) is 3.00. The van der Waals surface area contributed by atoms with Crippen LogP contribution in [0.1, 0.15) is 6.23 Å². The number of imidazole rings is 1. The van der Waals surface area contributed by atoms with Crippen molar-refractivity contribution in [2.75, 3.05) is 40.8 Å². The van der Waals surface area contributed by atoms with Gasteiger partial charge in [-0.25, -0.2) is 9.98 Å². The van der Waals surface area contributed by atoms with E-state index < -0.39 is 0 Å². The quantitative estimate of drug-likeness (QED) is 0.568. The van der Waals surface area contributed by atoms with Crippen LogP contribution in [-0.2, 0) is 11.8 Å². The molecule has 2 aromatic heterocycles. The van der Waals surface area contributed by atoms with Crippen molar-refractivity contribution in [3.05, 3.63) is 16.7 Å². The number of aliphatic hydroxyl groups excluding tert-OH is 1. The fourth-order valence-electron chi connectivity index (χ4n) is 2.78. The predicted molar refractivity (Wildman–Crippen MR) is 93.1 cm³/mol. The van der Waals surface area contributed by atoms with Crippen molar-refractivity contribution in [2.24, 2.45) is 12.0 Å². The molecule has 3 rings (SSSR count). The Hall–Kier alpha value is -2.30. The van der Waals surface area contributed by atoms with Gasteiger partial charge in [-0.1, -0.05) is 0 Å². The summed E-state index contributed by atoms with van der Waals surface area (Å²) >= 11 is 0. The van der Waals surface area contributed by atoms with Crippen molar-refractivity contribution in [3.63, 3.8) is 0 Å². The summed E-state index contributed by atoms with van der Waals surface area (Å²) < 4.78 is 8.99. The minimum atomic E-state index is -0.383. The maximum absolute atomic E-state index is 12.5. The number of likely N-dealkylation sites (N-methyl/N-ethyl adjacent to an activating group) is 1. The van der Waals surface area contributed by atoms with Gasteiger partial charge >= 0.3 is 0 Å². The van der Waals surface area contributed by atoms with Gasteiger partial charge < -0.3 is 14.7 Å². The van der Waals surface area contributed by atoms with E-state index in [-0.39, 0.29) is 36.0 Å². The van der Waals surface area contributed by atoms with E-state index in [4.69, 9.17) is 4.74 Å². The Morgan fingerprint density at radius 3 is 2.88 bits per heavy atom. The van der Waals surface area contributed by atoms with Gasteiger partial charge in [0, 0.05) is 34.2 Å².